The Balaban J connectivity index is 1.58. The normalized spacial score (nSPS) is 24.5. The molecule has 136 valence electrons. The molecule has 2 aromatic rings. The molecule has 0 bridgehead atoms. The molecule has 1 atom stereocenters. The van der Waals surface area contributed by atoms with Crippen LogP contribution in [0.5, 0.6) is 0 Å². The van der Waals surface area contributed by atoms with Crippen molar-refractivity contribution < 1.29 is 9.18 Å². The van der Waals surface area contributed by atoms with Crippen LogP contribution in [0.1, 0.15) is 35.6 Å². The number of halogens is 1. The number of carbonyl (C=O) groups is 1. The average Bonchev–Trinajstić information content (AvgIpc) is 2.64. The van der Waals surface area contributed by atoms with Crippen LogP contribution in [-0.2, 0) is 6.42 Å². The van der Waals surface area contributed by atoms with Crippen LogP contribution in [-0.4, -0.2) is 30.1 Å². The van der Waals surface area contributed by atoms with Gasteiger partial charge in [0.2, 0.25) is 0 Å². The van der Waals surface area contributed by atoms with Gasteiger partial charge in [0.25, 0.3) is 0 Å². The third-order valence-corrected chi connectivity index (χ3v) is 5.54. The summed E-state index contributed by atoms with van der Waals surface area (Å²) < 4.78 is 13.4. The molecule has 0 radical (unpaired) electrons. The Morgan fingerprint density at radius 2 is 1.88 bits per heavy atom. The zero-order chi connectivity index (χ0) is 18.1. The van der Waals surface area contributed by atoms with Crippen molar-refractivity contribution in [3.63, 3.8) is 0 Å². The van der Waals surface area contributed by atoms with Gasteiger partial charge in [-0.15, -0.1) is 0 Å². The molecule has 0 saturated heterocycles. The van der Waals surface area contributed by atoms with Crippen molar-refractivity contribution in [3.8, 4) is 0 Å². The highest BCUT2D eigenvalue weighted by atomic mass is 19.1. The highest BCUT2D eigenvalue weighted by Gasteiger charge is 2.33. The van der Waals surface area contributed by atoms with Crippen LogP contribution in [0.2, 0.25) is 0 Å². The van der Waals surface area contributed by atoms with E-state index in [1.54, 1.807) is 12.1 Å². The summed E-state index contributed by atoms with van der Waals surface area (Å²) in [5.74, 6) is 0.213. The minimum atomic E-state index is -0.268. The Hall–Kier alpha value is -2.40. The summed E-state index contributed by atoms with van der Waals surface area (Å²) in [5.41, 5.74) is 9.12. The van der Waals surface area contributed by atoms with Crippen molar-refractivity contribution in [1.82, 2.24) is 10.2 Å². The molecular weight excluding hydrogens is 329 g/mol. The fourth-order valence-corrected chi connectivity index (χ4v) is 4.08. The first-order valence-corrected chi connectivity index (χ1v) is 9.25. The van der Waals surface area contributed by atoms with Gasteiger partial charge in [-0.05, 0) is 54.0 Å². The van der Waals surface area contributed by atoms with Gasteiger partial charge in [0.05, 0.1) is 6.04 Å². The van der Waals surface area contributed by atoms with E-state index in [1.165, 1.54) is 17.7 Å². The van der Waals surface area contributed by atoms with Crippen LogP contribution in [0.25, 0.3) is 0 Å². The van der Waals surface area contributed by atoms with E-state index in [4.69, 9.17) is 5.73 Å². The zero-order valence-electron chi connectivity index (χ0n) is 14.7. The van der Waals surface area contributed by atoms with E-state index in [1.807, 2.05) is 17.0 Å². The van der Waals surface area contributed by atoms with Crippen LogP contribution in [0, 0.1) is 11.7 Å². The van der Waals surface area contributed by atoms with Gasteiger partial charge in [0.15, 0.2) is 0 Å². The van der Waals surface area contributed by atoms with Crippen molar-refractivity contribution in [1.29, 1.82) is 0 Å². The van der Waals surface area contributed by atoms with Gasteiger partial charge in [-0.25, -0.2) is 9.18 Å². The molecule has 1 aliphatic carbocycles. The lowest BCUT2D eigenvalue weighted by atomic mass is 9.81. The molecule has 26 heavy (non-hydrogen) atoms. The highest BCUT2D eigenvalue weighted by molar-refractivity contribution is 5.76. The third kappa shape index (κ3) is 3.31. The monoisotopic (exact) mass is 353 g/mol. The number of hydrogen-bond donors (Lipinski definition) is 2. The van der Waals surface area contributed by atoms with E-state index in [-0.39, 0.29) is 23.9 Å². The Bertz CT molecular complexity index is 786. The van der Waals surface area contributed by atoms with Gasteiger partial charge in [-0.3, -0.25) is 0 Å². The number of hydrogen-bond acceptors (Lipinski definition) is 2. The summed E-state index contributed by atoms with van der Waals surface area (Å²) >= 11 is 0. The van der Waals surface area contributed by atoms with Crippen molar-refractivity contribution in [2.75, 3.05) is 13.1 Å². The highest BCUT2D eigenvalue weighted by Crippen LogP contribution is 2.35. The second-order valence-corrected chi connectivity index (χ2v) is 7.38. The molecule has 1 heterocycles. The van der Waals surface area contributed by atoms with E-state index >= 15 is 0 Å². The molecule has 2 aromatic carbocycles. The fourth-order valence-electron chi connectivity index (χ4n) is 4.08. The molecule has 3 N–H and O–H groups in total. The SMILES string of the molecule is N[C@H]1C[C@@H](CNC(=O)N2CCc3ccccc3[C@@H]2c2ccc(F)cc2)C1. The number of nitrogens with two attached hydrogens (primary N) is 1. The first kappa shape index (κ1) is 17.0. The average molecular weight is 353 g/mol. The van der Waals surface area contributed by atoms with Gasteiger partial charge in [0.1, 0.15) is 5.82 Å². The molecule has 5 heteroatoms. The largest absolute Gasteiger partial charge is 0.338 e. The summed E-state index contributed by atoms with van der Waals surface area (Å²) in [6, 6.07) is 14.7. The molecule has 0 spiro atoms. The number of fused-ring (bicyclic) bond motifs is 1. The molecule has 0 unspecified atom stereocenters. The number of nitrogens with zero attached hydrogens (tertiary/aromatic N) is 1. The summed E-state index contributed by atoms with van der Waals surface area (Å²) in [6.07, 6.45) is 2.78. The maximum absolute atomic E-state index is 13.4. The molecule has 4 rings (SSSR count). The van der Waals surface area contributed by atoms with Crippen molar-refractivity contribution in [3.05, 3.63) is 71.0 Å². The summed E-state index contributed by atoms with van der Waals surface area (Å²) in [4.78, 5) is 14.8. The second-order valence-electron chi connectivity index (χ2n) is 7.38. The molecule has 4 nitrogen and oxygen atoms in total. The Morgan fingerprint density at radius 1 is 1.15 bits per heavy atom. The number of nitrogens with one attached hydrogen (secondary N) is 1. The van der Waals surface area contributed by atoms with Gasteiger partial charge in [0, 0.05) is 19.1 Å². The first-order valence-electron chi connectivity index (χ1n) is 9.25. The lowest BCUT2D eigenvalue weighted by Gasteiger charge is -2.39. The Labute approximate surface area is 153 Å². The van der Waals surface area contributed by atoms with Crippen LogP contribution >= 0.6 is 0 Å². The number of urea groups is 1. The van der Waals surface area contributed by atoms with Gasteiger partial charge in [-0.1, -0.05) is 36.4 Å². The van der Waals surface area contributed by atoms with Crippen LogP contribution < -0.4 is 11.1 Å². The fraction of sp³-hybridized carbons (Fsp3) is 0.381. The van der Waals surface area contributed by atoms with E-state index in [9.17, 15) is 9.18 Å². The second kappa shape index (κ2) is 7.08. The summed E-state index contributed by atoms with van der Waals surface area (Å²) in [6.45, 7) is 1.32. The van der Waals surface area contributed by atoms with Gasteiger partial charge < -0.3 is 16.0 Å². The van der Waals surface area contributed by atoms with E-state index < -0.39 is 0 Å². The molecular formula is C21H24FN3O. The maximum Gasteiger partial charge on any atom is 0.318 e. The molecule has 1 aliphatic heterocycles. The lowest BCUT2D eigenvalue weighted by molar-refractivity contribution is 0.172. The maximum atomic E-state index is 13.4. The standard InChI is InChI=1S/C21H24FN3O/c22-17-7-5-16(6-8-17)20-19-4-2-1-3-15(19)9-10-25(20)21(26)24-13-14-11-18(23)12-14/h1-8,14,18,20H,9-13,23H2,(H,24,26)/t14-,18+,20-/m0/s1. The van der Waals surface area contributed by atoms with Crippen molar-refractivity contribution >= 4 is 6.03 Å². The van der Waals surface area contributed by atoms with Crippen molar-refractivity contribution in [2.45, 2.75) is 31.3 Å². The Kier molecular flexibility index (Phi) is 4.64. The third-order valence-electron chi connectivity index (χ3n) is 5.54. The van der Waals surface area contributed by atoms with Gasteiger partial charge >= 0.3 is 6.03 Å². The van der Waals surface area contributed by atoms with Crippen LogP contribution in [0.3, 0.4) is 0 Å². The number of carbonyl (C=O) groups excluding carboxylic acids is 1. The lowest BCUT2D eigenvalue weighted by Crippen LogP contribution is -2.49. The van der Waals surface area contributed by atoms with Crippen LogP contribution in [0.15, 0.2) is 48.5 Å². The summed E-state index contributed by atoms with van der Waals surface area (Å²) in [7, 11) is 0. The number of benzene rings is 2. The minimum absolute atomic E-state index is 0.0608. The molecule has 1 fully saturated rings. The quantitative estimate of drug-likeness (QED) is 0.890. The molecule has 2 aliphatic rings. The zero-order valence-corrected chi connectivity index (χ0v) is 14.7. The molecule has 0 aromatic heterocycles. The van der Waals surface area contributed by atoms with E-state index in [2.05, 4.69) is 17.4 Å². The predicted molar refractivity (Wildman–Crippen MR) is 99.2 cm³/mol. The smallest absolute Gasteiger partial charge is 0.318 e. The minimum Gasteiger partial charge on any atom is -0.338 e. The summed E-state index contributed by atoms with van der Waals surface area (Å²) in [5, 5.41) is 3.07. The van der Waals surface area contributed by atoms with Crippen LogP contribution in [0.4, 0.5) is 9.18 Å². The number of amides is 2. The number of rotatable bonds is 3. The topological polar surface area (TPSA) is 58.4 Å². The predicted octanol–water partition coefficient (Wildman–Crippen LogP) is 3.22. The molecule has 1 saturated carbocycles. The van der Waals surface area contributed by atoms with Crippen molar-refractivity contribution in [2.24, 2.45) is 11.7 Å². The van der Waals surface area contributed by atoms with Gasteiger partial charge in [-0.2, -0.15) is 0 Å². The first-order chi connectivity index (χ1) is 12.6. The van der Waals surface area contributed by atoms with E-state index in [0.717, 1.165) is 30.4 Å². The Morgan fingerprint density at radius 3 is 2.62 bits per heavy atom. The van der Waals surface area contributed by atoms with E-state index in [0.29, 0.717) is 19.0 Å². The molecule has 2 amide bonds.